The molecular weight excluding hydrogens is 378 g/mol. The summed E-state index contributed by atoms with van der Waals surface area (Å²) in [4.78, 5) is 37.3. The number of anilines is 1. The van der Waals surface area contributed by atoms with Crippen LogP contribution in [0.5, 0.6) is 0 Å². The van der Waals surface area contributed by atoms with Crippen molar-refractivity contribution in [1.29, 1.82) is 0 Å². The van der Waals surface area contributed by atoms with Gasteiger partial charge in [-0.15, -0.1) is 0 Å². The summed E-state index contributed by atoms with van der Waals surface area (Å²) in [6.07, 6.45) is 1.33. The number of nitrogens with one attached hydrogen (secondary N) is 1. The largest absolute Gasteiger partial charge is 0.331 e. The third kappa shape index (κ3) is 4.58. The van der Waals surface area contributed by atoms with Crippen molar-refractivity contribution in [3.63, 3.8) is 0 Å². The first-order chi connectivity index (χ1) is 13.3. The normalized spacial score (nSPS) is 10.7. The summed E-state index contributed by atoms with van der Waals surface area (Å²) >= 11 is 6.04. The molecule has 1 heterocycles. The number of halogens is 1. The van der Waals surface area contributed by atoms with E-state index in [1.165, 1.54) is 16.8 Å². The topological polar surface area (TPSA) is 73.1 Å². The number of nitrogens with zero attached hydrogens (tertiary/aromatic N) is 2. The Labute approximate surface area is 167 Å². The average molecular weight is 398 g/mol. The molecule has 1 N–H and O–H groups in total. The Kier molecular flexibility index (Phi) is 5.80. The van der Waals surface area contributed by atoms with Gasteiger partial charge in [0.2, 0.25) is 5.91 Å². The molecule has 0 saturated heterocycles. The van der Waals surface area contributed by atoms with Gasteiger partial charge in [-0.05, 0) is 31.5 Å². The van der Waals surface area contributed by atoms with E-state index in [0.29, 0.717) is 10.7 Å². The van der Waals surface area contributed by atoms with Crippen LogP contribution in [0.3, 0.4) is 0 Å². The van der Waals surface area contributed by atoms with Crippen LogP contribution < -0.4 is 16.6 Å². The van der Waals surface area contributed by atoms with Crippen LogP contribution >= 0.6 is 11.6 Å². The Morgan fingerprint density at radius 1 is 1.04 bits per heavy atom. The van der Waals surface area contributed by atoms with E-state index >= 15 is 0 Å². The van der Waals surface area contributed by atoms with Gasteiger partial charge < -0.3 is 5.32 Å². The molecule has 0 fully saturated rings. The summed E-state index contributed by atoms with van der Waals surface area (Å²) in [6, 6.07) is 14.0. The number of para-hydroxylation sites is 1. The zero-order valence-electron chi connectivity index (χ0n) is 15.6. The second-order valence-corrected chi connectivity index (χ2v) is 7.08. The SMILES string of the molecule is Cc1cc(C)cc(Cn2c(=O)ccn(CC(=O)Nc3ccccc3Cl)c2=O)c1. The molecule has 0 unspecified atom stereocenters. The molecule has 3 rings (SSSR count). The van der Waals surface area contributed by atoms with Gasteiger partial charge in [0.1, 0.15) is 6.54 Å². The van der Waals surface area contributed by atoms with Crippen LogP contribution in [0.4, 0.5) is 5.69 Å². The third-order valence-electron chi connectivity index (χ3n) is 4.22. The first kappa shape index (κ1) is 19.6. The molecule has 0 saturated carbocycles. The van der Waals surface area contributed by atoms with Crippen LogP contribution in [-0.4, -0.2) is 15.0 Å². The van der Waals surface area contributed by atoms with Crippen LogP contribution in [-0.2, 0) is 17.9 Å². The van der Waals surface area contributed by atoms with Crippen molar-refractivity contribution in [3.8, 4) is 0 Å². The second kappa shape index (κ2) is 8.27. The van der Waals surface area contributed by atoms with Crippen LogP contribution in [0.1, 0.15) is 16.7 Å². The van der Waals surface area contributed by atoms with Crippen LogP contribution in [0, 0.1) is 13.8 Å². The number of rotatable bonds is 5. The van der Waals surface area contributed by atoms with E-state index in [4.69, 9.17) is 11.6 Å². The number of aryl methyl sites for hydroxylation is 2. The average Bonchev–Trinajstić information content (AvgIpc) is 2.62. The number of aromatic nitrogens is 2. The van der Waals surface area contributed by atoms with Crippen molar-refractivity contribution < 1.29 is 4.79 Å². The van der Waals surface area contributed by atoms with E-state index in [1.54, 1.807) is 24.3 Å². The summed E-state index contributed by atoms with van der Waals surface area (Å²) in [7, 11) is 0. The van der Waals surface area contributed by atoms with Crippen LogP contribution in [0.2, 0.25) is 5.02 Å². The highest BCUT2D eigenvalue weighted by molar-refractivity contribution is 6.33. The fraction of sp³-hybridized carbons (Fsp3) is 0.190. The lowest BCUT2D eigenvalue weighted by molar-refractivity contribution is -0.116. The van der Waals surface area contributed by atoms with Crippen molar-refractivity contribution in [2.45, 2.75) is 26.9 Å². The maximum Gasteiger partial charge on any atom is 0.331 e. The highest BCUT2D eigenvalue weighted by atomic mass is 35.5. The quantitative estimate of drug-likeness (QED) is 0.719. The van der Waals surface area contributed by atoms with Crippen molar-refractivity contribution in [2.75, 3.05) is 5.32 Å². The van der Waals surface area contributed by atoms with E-state index in [0.717, 1.165) is 21.3 Å². The molecule has 0 radical (unpaired) electrons. The Balaban J connectivity index is 1.84. The van der Waals surface area contributed by atoms with Gasteiger partial charge in [-0.2, -0.15) is 0 Å². The Hall–Kier alpha value is -3.12. The standard InChI is InChI=1S/C21H20ClN3O3/c1-14-9-15(2)11-16(10-14)12-25-20(27)7-8-24(21(25)28)13-19(26)23-18-6-4-3-5-17(18)22/h3-11H,12-13H2,1-2H3,(H,23,26). The number of carbonyl (C=O) groups excluding carboxylic acids is 1. The maximum absolute atomic E-state index is 12.7. The summed E-state index contributed by atoms with van der Waals surface area (Å²) in [5, 5.41) is 3.07. The lowest BCUT2D eigenvalue weighted by atomic mass is 10.1. The first-order valence-electron chi connectivity index (χ1n) is 8.75. The van der Waals surface area contributed by atoms with Gasteiger partial charge in [-0.1, -0.05) is 53.1 Å². The lowest BCUT2D eigenvalue weighted by Gasteiger charge is -2.12. The smallest absolute Gasteiger partial charge is 0.323 e. The second-order valence-electron chi connectivity index (χ2n) is 6.67. The Morgan fingerprint density at radius 2 is 1.71 bits per heavy atom. The summed E-state index contributed by atoms with van der Waals surface area (Å²) in [5.41, 5.74) is 2.48. The number of benzene rings is 2. The van der Waals surface area contributed by atoms with Gasteiger partial charge in [-0.25, -0.2) is 4.79 Å². The van der Waals surface area contributed by atoms with Crippen molar-refractivity contribution in [3.05, 3.63) is 97.3 Å². The summed E-state index contributed by atoms with van der Waals surface area (Å²) in [6.45, 7) is 3.84. The highest BCUT2D eigenvalue weighted by Gasteiger charge is 2.11. The van der Waals surface area contributed by atoms with Crippen LogP contribution in [0.15, 0.2) is 64.3 Å². The van der Waals surface area contributed by atoms with Crippen molar-refractivity contribution in [2.24, 2.45) is 0 Å². The van der Waals surface area contributed by atoms with Crippen LogP contribution in [0.25, 0.3) is 0 Å². The number of hydrogen-bond donors (Lipinski definition) is 1. The summed E-state index contributed by atoms with van der Waals surface area (Å²) < 4.78 is 2.33. The predicted molar refractivity (Wildman–Crippen MR) is 110 cm³/mol. The predicted octanol–water partition coefficient (Wildman–Crippen LogP) is 2.97. The van der Waals surface area contributed by atoms with Gasteiger partial charge >= 0.3 is 5.69 Å². The molecule has 2 aromatic carbocycles. The minimum absolute atomic E-state index is 0.146. The molecule has 0 bridgehead atoms. The van der Waals surface area contributed by atoms with E-state index in [2.05, 4.69) is 5.32 Å². The maximum atomic E-state index is 12.7. The zero-order valence-corrected chi connectivity index (χ0v) is 16.4. The molecule has 28 heavy (non-hydrogen) atoms. The number of hydrogen-bond acceptors (Lipinski definition) is 3. The molecular formula is C21H20ClN3O3. The van der Waals surface area contributed by atoms with E-state index in [-0.39, 0.29) is 13.1 Å². The number of amides is 1. The van der Waals surface area contributed by atoms with Gasteiger partial charge in [0.15, 0.2) is 0 Å². The van der Waals surface area contributed by atoms with Crippen molar-refractivity contribution >= 4 is 23.2 Å². The molecule has 1 amide bonds. The fourth-order valence-corrected chi connectivity index (χ4v) is 3.26. The van der Waals surface area contributed by atoms with E-state index in [1.807, 2.05) is 32.0 Å². The van der Waals surface area contributed by atoms with Gasteiger partial charge in [-0.3, -0.25) is 18.7 Å². The zero-order chi connectivity index (χ0) is 20.3. The molecule has 0 atom stereocenters. The molecule has 0 aliphatic carbocycles. The minimum Gasteiger partial charge on any atom is -0.323 e. The monoisotopic (exact) mass is 397 g/mol. The molecule has 0 aliphatic heterocycles. The van der Waals surface area contributed by atoms with Gasteiger partial charge in [0.25, 0.3) is 5.56 Å². The number of carbonyl (C=O) groups is 1. The first-order valence-corrected chi connectivity index (χ1v) is 9.13. The van der Waals surface area contributed by atoms with Gasteiger partial charge in [0, 0.05) is 12.3 Å². The van der Waals surface area contributed by atoms with Gasteiger partial charge in [0.05, 0.1) is 17.3 Å². The third-order valence-corrected chi connectivity index (χ3v) is 4.55. The summed E-state index contributed by atoms with van der Waals surface area (Å²) in [5.74, 6) is -0.410. The van der Waals surface area contributed by atoms with Crippen molar-refractivity contribution in [1.82, 2.24) is 9.13 Å². The molecule has 7 heteroatoms. The molecule has 0 aliphatic rings. The molecule has 6 nitrogen and oxygen atoms in total. The Morgan fingerprint density at radius 3 is 2.39 bits per heavy atom. The molecule has 144 valence electrons. The molecule has 0 spiro atoms. The fourth-order valence-electron chi connectivity index (χ4n) is 3.07. The minimum atomic E-state index is -0.541. The Bertz CT molecular complexity index is 1130. The van der Waals surface area contributed by atoms with E-state index < -0.39 is 17.2 Å². The van der Waals surface area contributed by atoms with E-state index in [9.17, 15) is 14.4 Å². The highest BCUT2D eigenvalue weighted by Crippen LogP contribution is 2.20. The lowest BCUT2D eigenvalue weighted by Crippen LogP contribution is -2.41. The molecule has 3 aromatic rings. The molecule has 1 aromatic heterocycles.